The zero-order valence-corrected chi connectivity index (χ0v) is 10.4. The first-order valence-electron chi connectivity index (χ1n) is 4.85. The van der Waals surface area contributed by atoms with Crippen LogP contribution in [0.4, 0.5) is 5.13 Å². The summed E-state index contributed by atoms with van der Waals surface area (Å²) in [5.74, 6) is 0. The lowest BCUT2D eigenvalue weighted by atomic mass is 10.3. The molecule has 0 unspecified atom stereocenters. The van der Waals surface area contributed by atoms with Crippen LogP contribution in [0, 0.1) is 11.3 Å². The molecule has 0 aliphatic heterocycles. The van der Waals surface area contributed by atoms with Crippen LogP contribution in [-0.2, 0) is 13.0 Å². The van der Waals surface area contributed by atoms with E-state index in [9.17, 15) is 0 Å². The van der Waals surface area contributed by atoms with Crippen LogP contribution < -0.4 is 5.32 Å². The fourth-order valence-electron chi connectivity index (χ4n) is 1.16. The standard InChI is InChI=1S/C10H10N4S2/c1-2-9-13-14-10(16-9)12-5-8-3-7(4-11)6-15-8/h3,6H,2,5H2,1H3,(H,12,14). The van der Waals surface area contributed by atoms with Gasteiger partial charge in [-0.1, -0.05) is 18.3 Å². The monoisotopic (exact) mass is 250 g/mol. The van der Waals surface area contributed by atoms with Crippen LogP contribution in [0.5, 0.6) is 0 Å². The lowest BCUT2D eigenvalue weighted by Crippen LogP contribution is -1.96. The molecule has 0 aromatic carbocycles. The number of nitrogens with zero attached hydrogens (tertiary/aromatic N) is 3. The van der Waals surface area contributed by atoms with Gasteiger partial charge in [0.05, 0.1) is 12.1 Å². The van der Waals surface area contributed by atoms with Gasteiger partial charge in [-0.15, -0.1) is 21.5 Å². The second-order valence-electron chi connectivity index (χ2n) is 3.12. The van der Waals surface area contributed by atoms with Gasteiger partial charge in [-0.2, -0.15) is 5.26 Å². The Kier molecular flexibility index (Phi) is 3.49. The summed E-state index contributed by atoms with van der Waals surface area (Å²) in [4.78, 5) is 1.13. The number of hydrogen-bond donors (Lipinski definition) is 1. The van der Waals surface area contributed by atoms with Gasteiger partial charge >= 0.3 is 0 Å². The molecule has 2 rings (SSSR count). The van der Waals surface area contributed by atoms with Gasteiger partial charge in [-0.25, -0.2) is 0 Å². The Hall–Kier alpha value is -1.45. The number of thiophene rings is 1. The molecule has 0 amide bonds. The molecule has 2 aromatic heterocycles. The van der Waals surface area contributed by atoms with Crippen molar-refractivity contribution >= 4 is 27.8 Å². The Balaban J connectivity index is 1.94. The molecule has 16 heavy (non-hydrogen) atoms. The van der Waals surface area contributed by atoms with Gasteiger partial charge in [-0.05, 0) is 12.5 Å². The molecule has 0 aliphatic rings. The summed E-state index contributed by atoms with van der Waals surface area (Å²) < 4.78 is 0. The highest BCUT2D eigenvalue weighted by Crippen LogP contribution is 2.19. The lowest BCUT2D eigenvalue weighted by molar-refractivity contribution is 0.977. The molecule has 0 saturated heterocycles. The summed E-state index contributed by atoms with van der Waals surface area (Å²) in [5.41, 5.74) is 0.716. The van der Waals surface area contributed by atoms with Gasteiger partial charge in [0.2, 0.25) is 5.13 Å². The van der Waals surface area contributed by atoms with E-state index >= 15 is 0 Å². The average molecular weight is 250 g/mol. The number of hydrogen-bond acceptors (Lipinski definition) is 6. The van der Waals surface area contributed by atoms with Crippen molar-refractivity contribution in [2.75, 3.05) is 5.32 Å². The zero-order chi connectivity index (χ0) is 11.4. The predicted octanol–water partition coefficient (Wildman–Crippen LogP) is 2.65. The van der Waals surface area contributed by atoms with E-state index in [0.717, 1.165) is 21.4 Å². The van der Waals surface area contributed by atoms with Crippen LogP contribution in [-0.4, -0.2) is 10.2 Å². The Morgan fingerprint density at radius 1 is 1.50 bits per heavy atom. The number of aromatic nitrogens is 2. The summed E-state index contributed by atoms with van der Waals surface area (Å²) >= 11 is 3.15. The van der Waals surface area contributed by atoms with Crippen molar-refractivity contribution in [3.05, 3.63) is 26.9 Å². The SMILES string of the molecule is CCc1nnc(NCc2cc(C#N)cs2)s1. The fourth-order valence-corrected chi connectivity index (χ4v) is 2.59. The predicted molar refractivity (Wildman–Crippen MR) is 65.6 cm³/mol. The van der Waals surface area contributed by atoms with E-state index in [1.807, 2.05) is 11.4 Å². The third kappa shape index (κ3) is 2.56. The van der Waals surface area contributed by atoms with E-state index in [-0.39, 0.29) is 0 Å². The van der Waals surface area contributed by atoms with Crippen LogP contribution in [0.2, 0.25) is 0 Å². The van der Waals surface area contributed by atoms with Crippen LogP contribution >= 0.6 is 22.7 Å². The van der Waals surface area contributed by atoms with Gasteiger partial charge < -0.3 is 5.32 Å². The second kappa shape index (κ2) is 5.05. The van der Waals surface area contributed by atoms with Gasteiger partial charge in [0, 0.05) is 10.3 Å². The highest BCUT2D eigenvalue weighted by atomic mass is 32.1. The van der Waals surface area contributed by atoms with E-state index in [2.05, 4.69) is 28.5 Å². The molecular formula is C10H10N4S2. The van der Waals surface area contributed by atoms with Crippen molar-refractivity contribution in [1.82, 2.24) is 10.2 Å². The van der Waals surface area contributed by atoms with E-state index in [1.54, 1.807) is 22.7 Å². The fraction of sp³-hybridized carbons (Fsp3) is 0.300. The molecule has 0 spiro atoms. The van der Waals surface area contributed by atoms with Gasteiger partial charge in [0.1, 0.15) is 11.1 Å². The first-order chi connectivity index (χ1) is 7.81. The first kappa shape index (κ1) is 11.0. The Morgan fingerprint density at radius 3 is 3.00 bits per heavy atom. The van der Waals surface area contributed by atoms with Crippen molar-refractivity contribution in [1.29, 1.82) is 5.26 Å². The molecular weight excluding hydrogens is 240 g/mol. The molecule has 4 nitrogen and oxygen atoms in total. The van der Waals surface area contributed by atoms with Crippen LogP contribution in [0.25, 0.3) is 0 Å². The Labute approximate surface area is 102 Å². The highest BCUT2D eigenvalue weighted by Gasteiger charge is 2.03. The molecule has 0 atom stereocenters. The van der Waals surface area contributed by atoms with Crippen molar-refractivity contribution in [2.24, 2.45) is 0 Å². The number of rotatable bonds is 4. The average Bonchev–Trinajstić information content (AvgIpc) is 2.95. The minimum absolute atomic E-state index is 0.699. The maximum atomic E-state index is 8.69. The normalized spacial score (nSPS) is 10.0. The minimum atomic E-state index is 0.699. The van der Waals surface area contributed by atoms with Gasteiger partial charge in [0.25, 0.3) is 0 Å². The van der Waals surface area contributed by atoms with Crippen LogP contribution in [0.1, 0.15) is 22.4 Å². The van der Waals surface area contributed by atoms with Gasteiger partial charge in [-0.3, -0.25) is 0 Å². The van der Waals surface area contributed by atoms with E-state index < -0.39 is 0 Å². The number of aryl methyl sites for hydroxylation is 1. The molecule has 0 aliphatic carbocycles. The van der Waals surface area contributed by atoms with Crippen molar-refractivity contribution < 1.29 is 0 Å². The number of nitriles is 1. The Morgan fingerprint density at radius 2 is 2.38 bits per heavy atom. The van der Waals surface area contributed by atoms with Gasteiger partial charge in [0.15, 0.2) is 0 Å². The summed E-state index contributed by atoms with van der Waals surface area (Å²) in [6.07, 6.45) is 0.914. The molecule has 82 valence electrons. The van der Waals surface area contributed by atoms with Crippen molar-refractivity contribution in [2.45, 2.75) is 19.9 Å². The third-order valence-electron chi connectivity index (χ3n) is 1.97. The maximum absolute atomic E-state index is 8.69. The first-order valence-corrected chi connectivity index (χ1v) is 6.55. The minimum Gasteiger partial charge on any atom is -0.355 e. The highest BCUT2D eigenvalue weighted by molar-refractivity contribution is 7.15. The van der Waals surface area contributed by atoms with E-state index in [4.69, 9.17) is 5.26 Å². The molecule has 0 radical (unpaired) electrons. The van der Waals surface area contributed by atoms with E-state index in [1.165, 1.54) is 0 Å². The molecule has 0 bridgehead atoms. The third-order valence-corrected chi connectivity index (χ3v) is 3.93. The van der Waals surface area contributed by atoms with Crippen molar-refractivity contribution in [3.63, 3.8) is 0 Å². The molecule has 0 fully saturated rings. The smallest absolute Gasteiger partial charge is 0.205 e. The topological polar surface area (TPSA) is 61.6 Å². The van der Waals surface area contributed by atoms with Crippen molar-refractivity contribution in [3.8, 4) is 6.07 Å². The van der Waals surface area contributed by atoms with Crippen LogP contribution in [0.15, 0.2) is 11.4 Å². The number of anilines is 1. The molecule has 0 saturated carbocycles. The second-order valence-corrected chi connectivity index (χ2v) is 5.18. The summed E-state index contributed by atoms with van der Waals surface area (Å²) in [7, 11) is 0. The molecule has 2 aromatic rings. The number of nitrogens with one attached hydrogen (secondary N) is 1. The summed E-state index contributed by atoms with van der Waals surface area (Å²) in [6, 6.07) is 4.00. The summed E-state index contributed by atoms with van der Waals surface area (Å²) in [6.45, 7) is 2.76. The quantitative estimate of drug-likeness (QED) is 0.906. The lowest BCUT2D eigenvalue weighted by Gasteiger charge is -1.97. The molecule has 6 heteroatoms. The van der Waals surface area contributed by atoms with Crippen LogP contribution in [0.3, 0.4) is 0 Å². The Bertz CT molecular complexity index is 509. The zero-order valence-electron chi connectivity index (χ0n) is 8.73. The summed E-state index contributed by atoms with van der Waals surface area (Å²) in [5, 5.41) is 23.7. The molecule has 1 N–H and O–H groups in total. The van der Waals surface area contributed by atoms with E-state index in [0.29, 0.717) is 12.1 Å². The maximum Gasteiger partial charge on any atom is 0.205 e. The molecule has 2 heterocycles. The largest absolute Gasteiger partial charge is 0.355 e.